The number of rotatable bonds is 8. The predicted molar refractivity (Wildman–Crippen MR) is 74.6 cm³/mol. The fraction of sp³-hybridized carbons (Fsp3) is 0.600. The highest BCUT2D eigenvalue weighted by Gasteiger charge is 2.11. The molecule has 1 N–H and O–H groups in total. The third-order valence-electron chi connectivity index (χ3n) is 3.14. The number of nitrogens with one attached hydrogen (secondary N) is 1. The maximum Gasteiger partial charge on any atom is 0.119 e. The Balaban J connectivity index is 1.42. The largest absolute Gasteiger partial charge is 0.491 e. The molecule has 4 nitrogen and oxygen atoms in total. The van der Waals surface area contributed by atoms with Crippen LogP contribution in [0.1, 0.15) is 12.8 Å². The van der Waals surface area contributed by atoms with Crippen LogP contribution in [0, 0.1) is 0 Å². The van der Waals surface area contributed by atoms with Crippen LogP contribution < -0.4 is 10.1 Å². The number of hydrogen-bond donors (Lipinski definition) is 1. The lowest BCUT2D eigenvalue weighted by Gasteiger charge is -2.23. The van der Waals surface area contributed by atoms with E-state index < -0.39 is 0 Å². The van der Waals surface area contributed by atoms with E-state index in [1.165, 1.54) is 0 Å². The van der Waals surface area contributed by atoms with Gasteiger partial charge in [-0.2, -0.15) is 0 Å². The number of benzene rings is 1. The molecule has 4 heteroatoms. The summed E-state index contributed by atoms with van der Waals surface area (Å²) in [6.45, 7) is 4.62. The first-order valence-corrected chi connectivity index (χ1v) is 7.02. The van der Waals surface area contributed by atoms with Crippen LogP contribution in [0.5, 0.6) is 5.75 Å². The summed E-state index contributed by atoms with van der Waals surface area (Å²) in [7, 11) is 0. The van der Waals surface area contributed by atoms with E-state index >= 15 is 0 Å². The van der Waals surface area contributed by atoms with Gasteiger partial charge in [0.15, 0.2) is 0 Å². The maximum absolute atomic E-state index is 5.54. The van der Waals surface area contributed by atoms with Gasteiger partial charge in [-0.3, -0.25) is 0 Å². The Hall–Kier alpha value is -1.10. The average molecular weight is 265 g/mol. The molecule has 1 aliphatic rings. The Bertz CT molecular complexity index is 325. The van der Waals surface area contributed by atoms with Crippen LogP contribution in [0.15, 0.2) is 30.3 Å². The van der Waals surface area contributed by atoms with Gasteiger partial charge in [0, 0.05) is 25.8 Å². The standard InChI is InChI=1S/C15H23NO3/c1-2-4-15(5-3-1)19-13-12-18-11-8-16-14-6-9-17-10-7-14/h1-5,14,16H,6-13H2. The molecule has 2 rings (SSSR count). The molecule has 1 aliphatic heterocycles. The molecule has 0 bridgehead atoms. The summed E-state index contributed by atoms with van der Waals surface area (Å²) < 4.78 is 16.4. The zero-order chi connectivity index (χ0) is 13.2. The SMILES string of the molecule is c1ccc(OCCOCCNC2CCOCC2)cc1. The lowest BCUT2D eigenvalue weighted by Crippen LogP contribution is -2.36. The van der Waals surface area contributed by atoms with Gasteiger partial charge in [0.25, 0.3) is 0 Å². The number of hydrogen-bond acceptors (Lipinski definition) is 4. The van der Waals surface area contributed by atoms with Crippen molar-refractivity contribution >= 4 is 0 Å². The summed E-state index contributed by atoms with van der Waals surface area (Å²) in [5.74, 6) is 0.895. The Kier molecular flexibility index (Phi) is 6.71. The summed E-state index contributed by atoms with van der Waals surface area (Å²) in [6, 6.07) is 10.4. The van der Waals surface area contributed by atoms with Gasteiger partial charge >= 0.3 is 0 Å². The second kappa shape index (κ2) is 8.91. The van der Waals surface area contributed by atoms with Crippen molar-refractivity contribution in [3.05, 3.63) is 30.3 Å². The fourth-order valence-electron chi connectivity index (χ4n) is 2.07. The highest BCUT2D eigenvalue weighted by atomic mass is 16.5. The Morgan fingerprint density at radius 1 is 1.05 bits per heavy atom. The van der Waals surface area contributed by atoms with Crippen LogP contribution in [0.2, 0.25) is 0 Å². The predicted octanol–water partition coefficient (Wildman–Crippen LogP) is 1.85. The third-order valence-corrected chi connectivity index (χ3v) is 3.14. The van der Waals surface area contributed by atoms with Crippen molar-refractivity contribution in [3.63, 3.8) is 0 Å². The van der Waals surface area contributed by atoms with Gasteiger partial charge in [0.1, 0.15) is 12.4 Å². The van der Waals surface area contributed by atoms with E-state index in [-0.39, 0.29) is 0 Å². The van der Waals surface area contributed by atoms with Gasteiger partial charge < -0.3 is 19.5 Å². The normalized spacial score (nSPS) is 16.4. The monoisotopic (exact) mass is 265 g/mol. The van der Waals surface area contributed by atoms with Crippen LogP contribution >= 0.6 is 0 Å². The lowest BCUT2D eigenvalue weighted by atomic mass is 10.1. The number of ether oxygens (including phenoxy) is 3. The third kappa shape index (κ3) is 6.05. The van der Waals surface area contributed by atoms with Crippen molar-refractivity contribution in [2.75, 3.05) is 39.6 Å². The molecule has 0 radical (unpaired) electrons. The summed E-state index contributed by atoms with van der Waals surface area (Å²) in [6.07, 6.45) is 2.22. The molecule has 1 heterocycles. The van der Waals surface area contributed by atoms with E-state index in [1.54, 1.807) is 0 Å². The smallest absolute Gasteiger partial charge is 0.119 e. The van der Waals surface area contributed by atoms with Crippen LogP contribution in [0.3, 0.4) is 0 Å². The molecule has 1 saturated heterocycles. The summed E-state index contributed by atoms with van der Waals surface area (Å²) in [5.41, 5.74) is 0. The quantitative estimate of drug-likeness (QED) is 0.728. The van der Waals surface area contributed by atoms with Gasteiger partial charge in [-0.1, -0.05) is 18.2 Å². The molecule has 106 valence electrons. The summed E-state index contributed by atoms with van der Waals surface area (Å²) in [4.78, 5) is 0. The van der Waals surface area contributed by atoms with Crippen molar-refractivity contribution in [1.82, 2.24) is 5.32 Å². The molecule has 0 amide bonds. The minimum Gasteiger partial charge on any atom is -0.491 e. The Morgan fingerprint density at radius 3 is 2.63 bits per heavy atom. The van der Waals surface area contributed by atoms with E-state index in [0.29, 0.717) is 19.3 Å². The first-order chi connectivity index (χ1) is 9.45. The lowest BCUT2D eigenvalue weighted by molar-refractivity contribution is 0.0696. The van der Waals surface area contributed by atoms with E-state index in [2.05, 4.69) is 5.32 Å². The molecule has 0 aromatic heterocycles. The van der Waals surface area contributed by atoms with Crippen LogP contribution in [0.25, 0.3) is 0 Å². The molecule has 1 aromatic rings. The molecule has 0 spiro atoms. The van der Waals surface area contributed by atoms with Gasteiger partial charge in [-0.25, -0.2) is 0 Å². The van der Waals surface area contributed by atoms with Crippen molar-refractivity contribution in [3.8, 4) is 5.75 Å². The zero-order valence-corrected chi connectivity index (χ0v) is 11.3. The molecule has 1 fully saturated rings. The average Bonchev–Trinajstić information content (AvgIpc) is 2.48. The highest BCUT2D eigenvalue weighted by molar-refractivity contribution is 5.20. The summed E-state index contributed by atoms with van der Waals surface area (Å²) in [5, 5.41) is 3.48. The molecule has 0 aliphatic carbocycles. The minimum absolute atomic E-state index is 0.595. The van der Waals surface area contributed by atoms with Gasteiger partial charge in [-0.05, 0) is 25.0 Å². The first-order valence-electron chi connectivity index (χ1n) is 7.02. The maximum atomic E-state index is 5.54. The van der Waals surface area contributed by atoms with Crippen molar-refractivity contribution < 1.29 is 14.2 Å². The van der Waals surface area contributed by atoms with Crippen molar-refractivity contribution in [2.45, 2.75) is 18.9 Å². The minimum atomic E-state index is 0.595. The van der Waals surface area contributed by atoms with Gasteiger partial charge in [-0.15, -0.1) is 0 Å². The van der Waals surface area contributed by atoms with E-state index in [9.17, 15) is 0 Å². The molecule has 0 saturated carbocycles. The van der Waals surface area contributed by atoms with Crippen LogP contribution in [-0.4, -0.2) is 45.6 Å². The molecular formula is C15H23NO3. The molecule has 0 atom stereocenters. The second-order valence-corrected chi connectivity index (χ2v) is 4.61. The van der Waals surface area contributed by atoms with Crippen LogP contribution in [0.4, 0.5) is 0 Å². The topological polar surface area (TPSA) is 39.7 Å². The molecule has 19 heavy (non-hydrogen) atoms. The Morgan fingerprint density at radius 2 is 1.84 bits per heavy atom. The van der Waals surface area contributed by atoms with Crippen molar-refractivity contribution in [1.29, 1.82) is 0 Å². The van der Waals surface area contributed by atoms with E-state index in [4.69, 9.17) is 14.2 Å². The first kappa shape index (κ1) is 14.3. The van der Waals surface area contributed by atoms with Crippen LogP contribution in [-0.2, 0) is 9.47 Å². The van der Waals surface area contributed by atoms with E-state index in [1.807, 2.05) is 30.3 Å². The number of para-hydroxylation sites is 1. The summed E-state index contributed by atoms with van der Waals surface area (Å²) >= 11 is 0. The van der Waals surface area contributed by atoms with Gasteiger partial charge in [0.2, 0.25) is 0 Å². The molecule has 1 aromatic carbocycles. The zero-order valence-electron chi connectivity index (χ0n) is 11.3. The molecule has 0 unspecified atom stereocenters. The highest BCUT2D eigenvalue weighted by Crippen LogP contribution is 2.07. The van der Waals surface area contributed by atoms with Crippen molar-refractivity contribution in [2.24, 2.45) is 0 Å². The fourth-order valence-corrected chi connectivity index (χ4v) is 2.07. The molecular weight excluding hydrogens is 242 g/mol. The van der Waals surface area contributed by atoms with E-state index in [0.717, 1.165) is 45.0 Å². The van der Waals surface area contributed by atoms with Gasteiger partial charge in [0.05, 0.1) is 13.2 Å². The Labute approximate surface area is 115 Å². The second-order valence-electron chi connectivity index (χ2n) is 4.61.